The zero-order valence-corrected chi connectivity index (χ0v) is 19.9. The zero-order chi connectivity index (χ0) is 25.4. The highest BCUT2D eigenvalue weighted by Gasteiger charge is 2.38. The lowest BCUT2D eigenvalue weighted by Crippen LogP contribution is -2.34. The summed E-state index contributed by atoms with van der Waals surface area (Å²) in [5, 5.41) is 0.518. The molecule has 1 amide bonds. The number of anilines is 1. The van der Waals surface area contributed by atoms with Crippen molar-refractivity contribution < 1.29 is 31.1 Å². The summed E-state index contributed by atoms with van der Waals surface area (Å²) >= 11 is 7.29. The molecule has 0 unspecified atom stereocenters. The molecule has 0 fully saturated rings. The topological polar surface area (TPSA) is 36.4 Å². The number of thiazole rings is 1. The Bertz CT molecular complexity index is 1130. The lowest BCUT2D eigenvalue weighted by atomic mass is 10.0. The number of amides is 1. The van der Waals surface area contributed by atoms with Crippen LogP contribution in [-0.4, -0.2) is 43.0 Å². The van der Waals surface area contributed by atoms with Gasteiger partial charge in [-0.15, -0.1) is 0 Å². The van der Waals surface area contributed by atoms with Gasteiger partial charge in [0.1, 0.15) is 0 Å². The van der Waals surface area contributed by atoms with Crippen LogP contribution in [0.15, 0.2) is 30.3 Å². The Hall–Kier alpha value is -2.37. The van der Waals surface area contributed by atoms with Gasteiger partial charge in [-0.05, 0) is 63.8 Å². The molecule has 0 atom stereocenters. The van der Waals surface area contributed by atoms with Gasteiger partial charge in [-0.25, -0.2) is 4.98 Å². The van der Waals surface area contributed by atoms with E-state index in [9.17, 15) is 31.1 Å². The number of carbonyl (C=O) groups excluding carboxylic acids is 1. The van der Waals surface area contributed by atoms with Crippen LogP contribution in [0.3, 0.4) is 0 Å². The summed E-state index contributed by atoms with van der Waals surface area (Å²) in [5.74, 6) is -1.01. The van der Waals surface area contributed by atoms with Gasteiger partial charge in [0.2, 0.25) is 0 Å². The van der Waals surface area contributed by atoms with Gasteiger partial charge in [-0.2, -0.15) is 26.3 Å². The number of alkyl halides is 6. The van der Waals surface area contributed by atoms with Gasteiger partial charge in [0.05, 0.1) is 26.4 Å². The SMILES string of the molecule is Cc1ccc(Cl)c2sc(N(CCCN(C)C)C(=O)c3cc(C(F)(F)F)cc(C(F)(F)F)c3)nc12. The molecule has 0 N–H and O–H groups in total. The summed E-state index contributed by atoms with van der Waals surface area (Å²) in [6, 6.07) is 4.24. The minimum absolute atomic E-state index is 0.00597. The summed E-state index contributed by atoms with van der Waals surface area (Å²) in [5.41, 5.74) is -2.56. The molecule has 0 spiro atoms. The minimum atomic E-state index is -5.06. The standard InChI is InChI=1S/C22H20ClF6N3OS/c1-12-5-6-16(23)18-17(12)30-20(34-18)32(8-4-7-31(2)3)19(33)13-9-14(21(24,25)26)11-15(10-13)22(27,28)29/h5-6,9-11H,4,7-8H2,1-3H3. The van der Waals surface area contributed by atoms with Crippen molar-refractivity contribution in [3.8, 4) is 0 Å². The van der Waals surface area contributed by atoms with Gasteiger partial charge >= 0.3 is 12.4 Å². The van der Waals surface area contributed by atoms with E-state index in [4.69, 9.17) is 11.6 Å². The van der Waals surface area contributed by atoms with Crippen molar-refractivity contribution in [2.24, 2.45) is 0 Å². The van der Waals surface area contributed by atoms with Crippen LogP contribution >= 0.6 is 22.9 Å². The van der Waals surface area contributed by atoms with Gasteiger partial charge in [0.25, 0.3) is 5.91 Å². The third-order valence-electron chi connectivity index (χ3n) is 4.98. The van der Waals surface area contributed by atoms with Crippen molar-refractivity contribution in [2.45, 2.75) is 25.7 Å². The molecule has 1 aromatic heterocycles. The number of rotatable bonds is 6. The molecular weight excluding hydrogens is 504 g/mol. The first-order valence-corrected chi connectivity index (χ1v) is 11.2. The third kappa shape index (κ3) is 5.81. The van der Waals surface area contributed by atoms with Gasteiger partial charge in [-0.3, -0.25) is 9.69 Å². The monoisotopic (exact) mass is 523 g/mol. The van der Waals surface area contributed by atoms with Crippen LogP contribution in [0.1, 0.15) is 33.5 Å². The van der Waals surface area contributed by atoms with Crippen LogP contribution in [0, 0.1) is 6.92 Å². The zero-order valence-electron chi connectivity index (χ0n) is 18.3. The molecule has 0 bridgehead atoms. The lowest BCUT2D eigenvalue weighted by molar-refractivity contribution is -0.143. The van der Waals surface area contributed by atoms with E-state index in [1.165, 1.54) is 0 Å². The Morgan fingerprint density at radius 2 is 1.59 bits per heavy atom. The Labute approximate surface area is 200 Å². The van der Waals surface area contributed by atoms with E-state index in [1.807, 2.05) is 4.90 Å². The number of nitrogens with zero attached hydrogens (tertiary/aromatic N) is 3. The fourth-order valence-corrected chi connectivity index (χ4v) is 4.61. The summed E-state index contributed by atoms with van der Waals surface area (Å²) in [4.78, 5) is 20.7. The number of fused-ring (bicyclic) bond motifs is 1. The molecule has 34 heavy (non-hydrogen) atoms. The summed E-state index contributed by atoms with van der Waals surface area (Å²) in [6.45, 7) is 2.35. The van der Waals surface area contributed by atoms with E-state index in [0.29, 0.717) is 40.3 Å². The van der Waals surface area contributed by atoms with Crippen LogP contribution in [-0.2, 0) is 12.4 Å². The van der Waals surface area contributed by atoms with Gasteiger partial charge < -0.3 is 4.90 Å². The highest BCUT2D eigenvalue weighted by atomic mass is 35.5. The molecule has 3 aromatic rings. The highest BCUT2D eigenvalue weighted by molar-refractivity contribution is 7.23. The molecule has 0 aliphatic rings. The average Bonchev–Trinajstić information content (AvgIpc) is 3.18. The number of halogens is 7. The predicted molar refractivity (Wildman–Crippen MR) is 121 cm³/mol. The van der Waals surface area contributed by atoms with E-state index in [-0.39, 0.29) is 17.7 Å². The smallest absolute Gasteiger partial charge is 0.309 e. The second-order valence-corrected chi connectivity index (χ2v) is 9.33. The maximum absolute atomic E-state index is 13.3. The van der Waals surface area contributed by atoms with Crippen molar-refractivity contribution in [2.75, 3.05) is 32.1 Å². The van der Waals surface area contributed by atoms with E-state index < -0.39 is 35.0 Å². The highest BCUT2D eigenvalue weighted by Crippen LogP contribution is 2.39. The lowest BCUT2D eigenvalue weighted by Gasteiger charge is -2.22. The van der Waals surface area contributed by atoms with Gasteiger partial charge in [0.15, 0.2) is 5.13 Å². The van der Waals surface area contributed by atoms with Gasteiger partial charge in [-0.1, -0.05) is 29.0 Å². The molecule has 0 aliphatic heterocycles. The van der Waals surface area contributed by atoms with Crippen molar-refractivity contribution in [3.05, 3.63) is 57.6 Å². The van der Waals surface area contributed by atoms with E-state index in [0.717, 1.165) is 21.8 Å². The number of carbonyl (C=O) groups is 1. The Balaban J connectivity index is 2.13. The van der Waals surface area contributed by atoms with E-state index in [2.05, 4.69) is 4.98 Å². The van der Waals surface area contributed by atoms with Crippen LogP contribution in [0.2, 0.25) is 5.02 Å². The average molecular weight is 524 g/mol. The first-order valence-electron chi connectivity index (χ1n) is 10.00. The molecule has 1 heterocycles. The first kappa shape index (κ1) is 26.2. The second kappa shape index (κ2) is 9.71. The second-order valence-electron chi connectivity index (χ2n) is 7.95. The van der Waals surface area contributed by atoms with Gasteiger partial charge in [0, 0.05) is 12.1 Å². The van der Waals surface area contributed by atoms with E-state index in [1.54, 1.807) is 33.2 Å². The van der Waals surface area contributed by atoms with Crippen LogP contribution in [0.4, 0.5) is 31.5 Å². The molecule has 3 rings (SSSR count). The van der Waals surface area contributed by atoms with Crippen molar-refractivity contribution in [1.82, 2.24) is 9.88 Å². The summed E-state index contributed by atoms with van der Waals surface area (Å²) in [6.07, 6.45) is -9.72. The molecule has 2 aromatic carbocycles. The number of benzene rings is 2. The van der Waals surface area contributed by atoms with Crippen molar-refractivity contribution in [3.63, 3.8) is 0 Å². The minimum Gasteiger partial charge on any atom is -0.309 e. The largest absolute Gasteiger partial charge is 0.416 e. The van der Waals surface area contributed by atoms with Crippen LogP contribution in [0.5, 0.6) is 0 Å². The molecule has 0 radical (unpaired) electrons. The normalized spacial score (nSPS) is 12.6. The number of hydrogen-bond acceptors (Lipinski definition) is 4. The molecule has 0 saturated carbocycles. The summed E-state index contributed by atoms with van der Waals surface area (Å²) < 4.78 is 80.5. The Morgan fingerprint density at radius 3 is 2.09 bits per heavy atom. The molecule has 12 heteroatoms. The number of aryl methyl sites for hydroxylation is 1. The molecule has 0 aliphatic carbocycles. The molecule has 184 valence electrons. The predicted octanol–water partition coefficient (Wildman–Crippen LogP) is 6.89. The van der Waals surface area contributed by atoms with Crippen LogP contribution < -0.4 is 4.90 Å². The molecule has 0 saturated heterocycles. The quantitative estimate of drug-likeness (QED) is 0.330. The van der Waals surface area contributed by atoms with Crippen LogP contribution in [0.25, 0.3) is 10.2 Å². The Kier molecular flexibility index (Phi) is 7.49. The Morgan fingerprint density at radius 1 is 1.00 bits per heavy atom. The molecule has 4 nitrogen and oxygen atoms in total. The summed E-state index contributed by atoms with van der Waals surface area (Å²) in [7, 11) is 3.60. The first-order chi connectivity index (χ1) is 15.7. The number of hydrogen-bond donors (Lipinski definition) is 0. The number of aromatic nitrogens is 1. The third-order valence-corrected chi connectivity index (χ3v) is 6.52. The maximum atomic E-state index is 13.3. The maximum Gasteiger partial charge on any atom is 0.416 e. The van der Waals surface area contributed by atoms with Crippen molar-refractivity contribution >= 4 is 44.2 Å². The van der Waals surface area contributed by atoms with Crippen molar-refractivity contribution in [1.29, 1.82) is 0 Å². The molecular formula is C22H20ClF6N3OS. The fourth-order valence-electron chi connectivity index (χ4n) is 3.27. The fraction of sp³-hybridized carbons (Fsp3) is 0.364. The van der Waals surface area contributed by atoms with E-state index >= 15 is 0 Å².